The summed E-state index contributed by atoms with van der Waals surface area (Å²) in [5.41, 5.74) is 4.68. The summed E-state index contributed by atoms with van der Waals surface area (Å²) in [7, 11) is 0. The summed E-state index contributed by atoms with van der Waals surface area (Å²) in [4.78, 5) is 11.0. The maximum atomic E-state index is 13.1. The zero-order chi connectivity index (χ0) is 27.4. The topological polar surface area (TPSA) is 88.9 Å². The number of likely N-dealkylation sites (tertiary alicyclic amines) is 1. The molecule has 38 heavy (non-hydrogen) atoms. The van der Waals surface area contributed by atoms with E-state index in [-0.39, 0.29) is 6.04 Å². The van der Waals surface area contributed by atoms with Crippen LogP contribution in [-0.4, -0.2) is 57.2 Å². The summed E-state index contributed by atoms with van der Waals surface area (Å²) in [6, 6.07) is 5.70. The first-order chi connectivity index (χ1) is 18.0. The number of aliphatic hydroxyl groups is 1. The lowest BCUT2D eigenvalue weighted by molar-refractivity contribution is -0.210. The van der Waals surface area contributed by atoms with Crippen molar-refractivity contribution in [1.29, 1.82) is 0 Å². The van der Waals surface area contributed by atoms with E-state index >= 15 is 0 Å². The van der Waals surface area contributed by atoms with E-state index in [9.17, 15) is 18.3 Å². The third-order valence-electron chi connectivity index (χ3n) is 6.96. The summed E-state index contributed by atoms with van der Waals surface area (Å²) in [6.07, 6.45) is -0.216. The largest absolute Gasteiger partial charge is 0.415 e. The third kappa shape index (κ3) is 7.03. The number of aromatic nitrogens is 2. The van der Waals surface area contributed by atoms with Gasteiger partial charge in [0.1, 0.15) is 5.84 Å². The number of β-amino-alcohol motifs (C(OH)–C–C–N with tert-alkyl or cyclic N) is 1. The molecule has 1 aromatic heterocycles. The molecule has 0 amide bonds. The average molecular weight is 551 g/mol. The lowest BCUT2D eigenvalue weighted by Gasteiger charge is -2.38. The maximum absolute atomic E-state index is 13.1. The molecule has 0 spiro atoms. The highest BCUT2D eigenvalue weighted by molar-refractivity contribution is 6.44. The molecule has 4 rings (SSSR count). The van der Waals surface area contributed by atoms with Gasteiger partial charge < -0.3 is 10.4 Å². The van der Waals surface area contributed by atoms with Crippen molar-refractivity contribution in [2.45, 2.75) is 77.6 Å². The van der Waals surface area contributed by atoms with Crippen LogP contribution in [0.2, 0.25) is 0 Å². The van der Waals surface area contributed by atoms with Crippen LogP contribution in [0.5, 0.6) is 0 Å². The molecular formula is C27H34ClF3N6O. The molecule has 0 radical (unpaired) electrons. The van der Waals surface area contributed by atoms with Crippen LogP contribution in [0.3, 0.4) is 0 Å². The number of rotatable bonds is 5. The van der Waals surface area contributed by atoms with Crippen LogP contribution in [0.1, 0.15) is 67.0 Å². The van der Waals surface area contributed by atoms with Crippen molar-refractivity contribution in [2.24, 2.45) is 9.98 Å². The molecule has 11 heteroatoms. The first kappa shape index (κ1) is 28.3. The lowest BCUT2D eigenvalue weighted by Crippen LogP contribution is -2.44. The number of H-pyrrole nitrogens is 1. The predicted molar refractivity (Wildman–Crippen MR) is 145 cm³/mol. The number of nitrogens with zero attached hydrogens (tertiary/aromatic N) is 4. The zero-order valence-corrected chi connectivity index (χ0v) is 22.6. The van der Waals surface area contributed by atoms with Gasteiger partial charge in [-0.2, -0.15) is 18.3 Å². The Balaban J connectivity index is 1.59. The number of aliphatic hydroxyl groups excluding tert-OH is 1. The molecule has 1 fully saturated rings. The highest BCUT2D eigenvalue weighted by Gasteiger charge is 2.41. The standard InChI is InChI=1S/C27H34ClF3N6O/c1-16-13-21(17(2)12-19(16)22-9-6-7-11-37(22)15-23(38)27(29,30)31)32-24-10-5-4-8-20(28)26(33-24)34-25-14-18(3)35-36-25/h8,12-14,22-23,38H,4-7,9-11,15H2,1-3H3,(H2,32,33,34,35,36)/b20-8+. The first-order valence-corrected chi connectivity index (χ1v) is 13.3. The van der Waals surface area contributed by atoms with Crippen molar-refractivity contribution < 1.29 is 18.3 Å². The first-order valence-electron chi connectivity index (χ1n) is 12.9. The van der Waals surface area contributed by atoms with Gasteiger partial charge in [-0.1, -0.05) is 30.2 Å². The van der Waals surface area contributed by atoms with Crippen molar-refractivity contribution in [1.82, 2.24) is 15.1 Å². The second-order valence-electron chi connectivity index (χ2n) is 10.1. The summed E-state index contributed by atoms with van der Waals surface area (Å²) < 4.78 is 39.2. The Morgan fingerprint density at radius 1 is 1.18 bits per heavy atom. The van der Waals surface area contributed by atoms with Crippen LogP contribution in [0.4, 0.5) is 24.7 Å². The molecule has 2 aromatic rings. The van der Waals surface area contributed by atoms with E-state index in [1.54, 1.807) is 4.90 Å². The number of hydrogen-bond acceptors (Lipinski definition) is 5. The Morgan fingerprint density at radius 2 is 1.97 bits per heavy atom. The van der Waals surface area contributed by atoms with Crippen molar-refractivity contribution in [3.8, 4) is 0 Å². The number of aromatic amines is 1. The Bertz CT molecular complexity index is 1240. The minimum absolute atomic E-state index is 0.174. The number of alkyl halides is 3. The lowest BCUT2D eigenvalue weighted by atomic mass is 9.90. The van der Waals surface area contributed by atoms with E-state index < -0.39 is 18.8 Å². The van der Waals surface area contributed by atoms with Crippen LogP contribution in [-0.2, 0) is 0 Å². The number of piperidine rings is 1. The SMILES string of the molecule is Cc1cc(N=C2N=C(Nc3cc(C)c(C4CCCCN4CC(O)C(F)(F)F)cc3C)CCC/C=C\2Cl)n[nH]1. The number of anilines is 1. The van der Waals surface area contributed by atoms with Crippen LogP contribution in [0, 0.1) is 20.8 Å². The molecule has 0 bridgehead atoms. The van der Waals surface area contributed by atoms with E-state index in [2.05, 4.69) is 20.5 Å². The van der Waals surface area contributed by atoms with Crippen molar-refractivity contribution in [3.63, 3.8) is 0 Å². The third-order valence-corrected chi connectivity index (χ3v) is 7.28. The van der Waals surface area contributed by atoms with Crippen LogP contribution in [0.25, 0.3) is 0 Å². The molecule has 3 N–H and O–H groups in total. The number of aliphatic imine (C=N–C) groups is 2. The van der Waals surface area contributed by atoms with Gasteiger partial charge in [0.25, 0.3) is 0 Å². The molecule has 2 aliphatic rings. The molecule has 2 unspecified atom stereocenters. The summed E-state index contributed by atoms with van der Waals surface area (Å²) in [5, 5.41) is 20.6. The summed E-state index contributed by atoms with van der Waals surface area (Å²) >= 11 is 6.49. The van der Waals surface area contributed by atoms with Crippen molar-refractivity contribution in [2.75, 3.05) is 18.4 Å². The summed E-state index contributed by atoms with van der Waals surface area (Å²) in [5.74, 6) is 1.61. The maximum Gasteiger partial charge on any atom is 0.415 e. The number of allylic oxidation sites excluding steroid dienone is 1. The fraction of sp³-hybridized carbons (Fsp3) is 0.519. The number of nitrogens with one attached hydrogen (secondary N) is 2. The van der Waals surface area contributed by atoms with Gasteiger partial charge in [-0.25, -0.2) is 9.98 Å². The smallest absolute Gasteiger partial charge is 0.382 e. The quantitative estimate of drug-likeness (QED) is 0.390. The van der Waals surface area contributed by atoms with Gasteiger partial charge in [-0.05, 0) is 75.8 Å². The van der Waals surface area contributed by atoms with Gasteiger partial charge in [0, 0.05) is 36.5 Å². The monoisotopic (exact) mass is 550 g/mol. The number of aryl methyl sites for hydroxylation is 3. The molecule has 2 atom stereocenters. The fourth-order valence-electron chi connectivity index (χ4n) is 4.94. The minimum atomic E-state index is -4.63. The van der Waals surface area contributed by atoms with Crippen LogP contribution in [0.15, 0.2) is 39.3 Å². The molecule has 2 aliphatic heterocycles. The molecule has 0 saturated carbocycles. The Morgan fingerprint density at radius 3 is 2.68 bits per heavy atom. The number of benzene rings is 1. The van der Waals surface area contributed by atoms with Gasteiger partial charge >= 0.3 is 6.18 Å². The van der Waals surface area contributed by atoms with Crippen LogP contribution >= 0.6 is 11.6 Å². The zero-order valence-electron chi connectivity index (χ0n) is 21.9. The van der Waals surface area contributed by atoms with E-state index in [0.717, 1.165) is 66.0 Å². The number of hydrogen-bond donors (Lipinski definition) is 3. The highest BCUT2D eigenvalue weighted by Crippen LogP contribution is 2.36. The second-order valence-corrected chi connectivity index (χ2v) is 10.5. The molecule has 206 valence electrons. The Labute approximate surface area is 225 Å². The number of amidine groups is 2. The minimum Gasteiger partial charge on any atom is -0.382 e. The van der Waals surface area contributed by atoms with E-state index in [4.69, 9.17) is 16.6 Å². The number of halogens is 4. The molecule has 0 aliphatic carbocycles. The van der Waals surface area contributed by atoms with E-state index in [1.165, 1.54) is 0 Å². The molecule has 1 aromatic carbocycles. The van der Waals surface area contributed by atoms with E-state index in [1.807, 2.05) is 45.0 Å². The highest BCUT2D eigenvalue weighted by atomic mass is 35.5. The van der Waals surface area contributed by atoms with Gasteiger partial charge in [0.15, 0.2) is 17.8 Å². The van der Waals surface area contributed by atoms with Crippen LogP contribution < -0.4 is 5.32 Å². The van der Waals surface area contributed by atoms with Gasteiger partial charge in [0.05, 0.1) is 5.03 Å². The fourth-order valence-corrected chi connectivity index (χ4v) is 5.13. The molecule has 3 heterocycles. The Hall–Kier alpha value is -2.69. The average Bonchev–Trinajstić information content (AvgIpc) is 3.26. The summed E-state index contributed by atoms with van der Waals surface area (Å²) in [6.45, 7) is 5.94. The predicted octanol–water partition coefficient (Wildman–Crippen LogP) is 6.63. The van der Waals surface area contributed by atoms with Crippen molar-refractivity contribution >= 4 is 34.8 Å². The normalized spacial score (nSPS) is 22.8. The van der Waals surface area contributed by atoms with Gasteiger partial charge in [-0.15, -0.1) is 0 Å². The van der Waals surface area contributed by atoms with Gasteiger partial charge in [-0.3, -0.25) is 10.00 Å². The molecule has 7 nitrogen and oxygen atoms in total. The van der Waals surface area contributed by atoms with Gasteiger partial charge in [0.2, 0.25) is 0 Å². The van der Waals surface area contributed by atoms with E-state index in [0.29, 0.717) is 29.7 Å². The second kappa shape index (κ2) is 12.0. The Kier molecular flexibility index (Phi) is 8.95. The molecule has 1 saturated heterocycles. The molecular weight excluding hydrogens is 517 g/mol. The van der Waals surface area contributed by atoms with Crippen molar-refractivity contribution in [3.05, 3.63) is 51.7 Å².